The molecule has 2 N–H and O–H groups in total. The van der Waals surface area contributed by atoms with Crippen LogP contribution in [0.15, 0.2) is 12.2 Å². The summed E-state index contributed by atoms with van der Waals surface area (Å²) in [5, 5.41) is 12.4. The third-order valence-electron chi connectivity index (χ3n) is 6.27. The van der Waals surface area contributed by atoms with Gasteiger partial charge in [0.05, 0.1) is 12.1 Å². The molecule has 2 aliphatic heterocycles. The summed E-state index contributed by atoms with van der Waals surface area (Å²) >= 11 is 0. The maximum atomic E-state index is 13.4. The van der Waals surface area contributed by atoms with E-state index < -0.39 is 44.0 Å². The Balaban J connectivity index is 2.31. The first-order valence-electron chi connectivity index (χ1n) is 10.9. The Morgan fingerprint density at radius 2 is 1.71 bits per heavy atom. The van der Waals surface area contributed by atoms with Gasteiger partial charge in [-0.1, -0.05) is 32.9 Å². The molecule has 0 aliphatic carbocycles. The van der Waals surface area contributed by atoms with Crippen LogP contribution in [0.2, 0.25) is 18.1 Å². The van der Waals surface area contributed by atoms with Crippen LogP contribution < -0.4 is 5.32 Å². The number of fused-ring (bicyclic) bond motifs is 1. The number of carboxylic acids is 1. The lowest BCUT2D eigenvalue weighted by molar-refractivity contribution is -0.150. The molecule has 9 heteroatoms. The van der Waals surface area contributed by atoms with Crippen molar-refractivity contribution in [3.63, 3.8) is 0 Å². The minimum atomic E-state index is -2.18. The van der Waals surface area contributed by atoms with Crippen LogP contribution in [0.25, 0.3) is 0 Å². The zero-order chi connectivity index (χ0) is 23.8. The summed E-state index contributed by atoms with van der Waals surface area (Å²) < 4.78 is 11.9. The van der Waals surface area contributed by atoms with Gasteiger partial charge in [-0.3, -0.25) is 4.79 Å². The third-order valence-corrected chi connectivity index (χ3v) is 10.8. The number of amides is 2. The van der Waals surface area contributed by atoms with Gasteiger partial charge in [0, 0.05) is 6.42 Å². The predicted octanol–water partition coefficient (Wildman–Crippen LogP) is 3.67. The van der Waals surface area contributed by atoms with Crippen molar-refractivity contribution in [2.45, 2.75) is 109 Å². The quantitative estimate of drug-likeness (QED) is 0.496. The molecular formula is C22H38N2O6Si. The van der Waals surface area contributed by atoms with Gasteiger partial charge in [0.2, 0.25) is 5.91 Å². The molecule has 0 unspecified atom stereocenters. The van der Waals surface area contributed by atoms with Gasteiger partial charge in [-0.2, -0.15) is 0 Å². The number of alkyl carbamates (subject to hydrolysis) is 1. The molecular weight excluding hydrogens is 416 g/mol. The highest BCUT2D eigenvalue weighted by atomic mass is 28.4. The molecule has 0 aromatic heterocycles. The summed E-state index contributed by atoms with van der Waals surface area (Å²) in [6.45, 7) is 15.9. The van der Waals surface area contributed by atoms with Gasteiger partial charge in [0.25, 0.3) is 0 Å². The predicted molar refractivity (Wildman–Crippen MR) is 120 cm³/mol. The number of aliphatic carboxylic acids is 1. The normalized spacial score (nSPS) is 27.4. The zero-order valence-electron chi connectivity index (χ0n) is 20.0. The minimum Gasteiger partial charge on any atom is -0.480 e. The second-order valence-electron chi connectivity index (χ2n) is 11.0. The first kappa shape index (κ1) is 25.4. The molecule has 0 aromatic rings. The van der Waals surface area contributed by atoms with E-state index in [0.29, 0.717) is 6.42 Å². The van der Waals surface area contributed by atoms with Crippen molar-refractivity contribution in [3.8, 4) is 0 Å². The number of rotatable bonds is 4. The SMILES string of the molecule is CC(C)(C)OC(=O)N[C@H]1CC=CC[C@@H]2[C@H](O[Si](C)(C)C(C)(C)C)C[C@@H](C(=O)O)N2C1=O. The Hall–Kier alpha value is -1.87. The van der Waals surface area contributed by atoms with E-state index in [0.717, 1.165) is 0 Å². The van der Waals surface area contributed by atoms with Crippen LogP contribution in [0.1, 0.15) is 60.8 Å². The summed E-state index contributed by atoms with van der Waals surface area (Å²) in [5.41, 5.74) is -0.702. The standard InChI is InChI=1S/C22H38N2O6Si/c1-21(2,3)29-20(28)23-14-11-9-10-12-15-17(30-31(7,8)22(4,5)6)13-16(19(26)27)24(15)18(14)25/h9-10,14-17H,11-13H2,1-8H3,(H,23,28)(H,26,27)/t14-,15+,16-,17+/m0/s1. The maximum absolute atomic E-state index is 13.4. The fraction of sp³-hybridized carbons (Fsp3) is 0.773. The van der Waals surface area contributed by atoms with Crippen LogP contribution in [0.4, 0.5) is 4.79 Å². The molecule has 4 atom stereocenters. The monoisotopic (exact) mass is 454 g/mol. The van der Waals surface area contributed by atoms with Crippen LogP contribution >= 0.6 is 0 Å². The van der Waals surface area contributed by atoms with Crippen molar-refractivity contribution < 1.29 is 28.7 Å². The van der Waals surface area contributed by atoms with E-state index in [1.165, 1.54) is 4.90 Å². The number of carbonyl (C=O) groups is 3. The highest BCUT2D eigenvalue weighted by Gasteiger charge is 2.52. The van der Waals surface area contributed by atoms with Crippen molar-refractivity contribution in [3.05, 3.63) is 12.2 Å². The summed E-state index contributed by atoms with van der Waals surface area (Å²) in [7, 11) is -2.18. The molecule has 0 bridgehead atoms. The molecule has 0 saturated carbocycles. The number of nitrogens with one attached hydrogen (secondary N) is 1. The Labute approximate surface area is 186 Å². The highest BCUT2D eigenvalue weighted by molar-refractivity contribution is 6.74. The van der Waals surface area contributed by atoms with E-state index in [2.05, 4.69) is 39.2 Å². The Morgan fingerprint density at radius 3 is 2.23 bits per heavy atom. The molecule has 2 heterocycles. The summed E-state index contributed by atoms with van der Waals surface area (Å²) in [6, 6.07) is -2.26. The van der Waals surface area contributed by atoms with E-state index in [1.54, 1.807) is 20.8 Å². The fourth-order valence-corrected chi connectivity index (χ4v) is 5.07. The van der Waals surface area contributed by atoms with E-state index in [1.807, 2.05) is 12.2 Å². The van der Waals surface area contributed by atoms with Crippen LogP contribution in [0.3, 0.4) is 0 Å². The molecule has 8 nitrogen and oxygen atoms in total. The lowest BCUT2D eigenvalue weighted by Crippen LogP contribution is -2.56. The van der Waals surface area contributed by atoms with Crippen molar-refractivity contribution in [2.75, 3.05) is 0 Å². The summed E-state index contributed by atoms with van der Waals surface area (Å²) in [6.07, 6.45) is 3.78. The van der Waals surface area contributed by atoms with Crippen molar-refractivity contribution in [1.29, 1.82) is 0 Å². The molecule has 2 aliphatic rings. The number of ether oxygens (including phenoxy) is 1. The molecule has 2 rings (SSSR count). The fourth-order valence-electron chi connectivity index (χ4n) is 3.70. The van der Waals surface area contributed by atoms with Gasteiger partial charge >= 0.3 is 12.1 Å². The number of carboxylic acid groups (broad SMARTS) is 1. The number of nitrogens with zero attached hydrogens (tertiary/aromatic N) is 1. The summed E-state index contributed by atoms with van der Waals surface area (Å²) in [4.78, 5) is 39.2. The van der Waals surface area contributed by atoms with E-state index in [4.69, 9.17) is 9.16 Å². The molecule has 2 amide bonds. The van der Waals surface area contributed by atoms with Crippen LogP contribution in [0, 0.1) is 0 Å². The molecule has 0 radical (unpaired) electrons. The van der Waals surface area contributed by atoms with Gasteiger partial charge in [-0.05, 0) is 51.7 Å². The number of carbonyl (C=O) groups excluding carboxylic acids is 2. The van der Waals surface area contributed by atoms with Crippen molar-refractivity contribution >= 4 is 26.3 Å². The first-order chi connectivity index (χ1) is 14.0. The van der Waals surface area contributed by atoms with Gasteiger partial charge in [0.1, 0.15) is 17.7 Å². The highest BCUT2D eigenvalue weighted by Crippen LogP contribution is 2.41. The van der Waals surface area contributed by atoms with E-state index >= 15 is 0 Å². The molecule has 176 valence electrons. The Morgan fingerprint density at radius 1 is 1.13 bits per heavy atom. The molecule has 1 saturated heterocycles. The van der Waals surface area contributed by atoms with Crippen LogP contribution in [-0.4, -0.2) is 66.1 Å². The first-order valence-corrected chi connectivity index (χ1v) is 13.8. The lowest BCUT2D eigenvalue weighted by atomic mass is 10.0. The summed E-state index contributed by atoms with van der Waals surface area (Å²) in [5.74, 6) is -1.46. The van der Waals surface area contributed by atoms with Gasteiger partial charge in [0.15, 0.2) is 8.32 Å². The van der Waals surface area contributed by atoms with Crippen LogP contribution in [-0.2, 0) is 18.8 Å². The molecule has 0 aromatic carbocycles. The van der Waals surface area contributed by atoms with Gasteiger partial charge in [-0.25, -0.2) is 9.59 Å². The smallest absolute Gasteiger partial charge is 0.408 e. The van der Waals surface area contributed by atoms with Gasteiger partial charge in [-0.15, -0.1) is 0 Å². The lowest BCUT2D eigenvalue weighted by Gasteiger charge is -2.40. The largest absolute Gasteiger partial charge is 0.480 e. The molecule has 0 spiro atoms. The second-order valence-corrected chi connectivity index (χ2v) is 15.7. The minimum absolute atomic E-state index is 0.0403. The average molecular weight is 455 g/mol. The van der Waals surface area contributed by atoms with Crippen molar-refractivity contribution in [2.24, 2.45) is 0 Å². The average Bonchev–Trinajstić information content (AvgIpc) is 2.90. The number of hydrogen-bond donors (Lipinski definition) is 2. The topological polar surface area (TPSA) is 105 Å². The second kappa shape index (κ2) is 8.94. The Bertz CT molecular complexity index is 737. The Kier molecular flexibility index (Phi) is 7.32. The maximum Gasteiger partial charge on any atom is 0.408 e. The zero-order valence-corrected chi connectivity index (χ0v) is 21.0. The third kappa shape index (κ3) is 6.09. The van der Waals surface area contributed by atoms with Crippen molar-refractivity contribution in [1.82, 2.24) is 10.2 Å². The van der Waals surface area contributed by atoms with Gasteiger partial charge < -0.3 is 24.5 Å². The van der Waals surface area contributed by atoms with Crippen LogP contribution in [0.5, 0.6) is 0 Å². The van der Waals surface area contributed by atoms with E-state index in [-0.39, 0.29) is 30.0 Å². The molecule has 1 fully saturated rings. The number of hydrogen-bond acceptors (Lipinski definition) is 5. The molecule has 31 heavy (non-hydrogen) atoms. The van der Waals surface area contributed by atoms with E-state index in [9.17, 15) is 19.5 Å².